The largest absolute Gasteiger partial charge is 0.478 e. The summed E-state index contributed by atoms with van der Waals surface area (Å²) < 4.78 is 12.3. The zero-order valence-corrected chi connectivity index (χ0v) is 22.5. The van der Waals surface area contributed by atoms with Crippen LogP contribution in [0.3, 0.4) is 0 Å². The highest BCUT2D eigenvalue weighted by molar-refractivity contribution is 7.80. The Bertz CT molecular complexity index is 1680. The van der Waals surface area contributed by atoms with E-state index in [0.29, 0.717) is 33.0 Å². The van der Waals surface area contributed by atoms with Crippen LogP contribution in [0.4, 0.5) is 5.69 Å². The van der Waals surface area contributed by atoms with Crippen molar-refractivity contribution in [3.63, 3.8) is 0 Å². The molecule has 0 bridgehead atoms. The minimum absolute atomic E-state index is 0.117. The number of carbonyl (C=O) groups is 1. The summed E-state index contributed by atoms with van der Waals surface area (Å²) in [6, 6.07) is 30.4. The second kappa shape index (κ2) is 10.8. The molecule has 2 N–H and O–H groups in total. The number of rotatable bonds is 7. The van der Waals surface area contributed by atoms with Gasteiger partial charge in [0.1, 0.15) is 29.1 Å². The fraction of sp³-hybridized carbons (Fsp3) is 0.0645. The van der Waals surface area contributed by atoms with Crippen molar-refractivity contribution in [1.82, 2.24) is 10.3 Å². The number of furan rings is 1. The van der Waals surface area contributed by atoms with Gasteiger partial charge >= 0.3 is 5.97 Å². The molecule has 0 saturated carbocycles. The number of halogens is 1. The van der Waals surface area contributed by atoms with E-state index in [-0.39, 0.29) is 11.6 Å². The van der Waals surface area contributed by atoms with Crippen molar-refractivity contribution < 1.29 is 19.1 Å². The number of thiocarbonyl (C=S) groups is 1. The average Bonchev–Trinajstić information content (AvgIpc) is 3.59. The number of anilines is 1. The number of aromatic carboxylic acids is 1. The Kier molecular flexibility index (Phi) is 6.94. The fourth-order valence-corrected chi connectivity index (χ4v) is 5.28. The third-order valence-electron chi connectivity index (χ3n) is 6.59. The molecule has 6 rings (SSSR count). The van der Waals surface area contributed by atoms with Gasteiger partial charge in [0.15, 0.2) is 5.11 Å². The molecule has 3 aromatic carbocycles. The van der Waals surface area contributed by atoms with E-state index in [2.05, 4.69) is 10.3 Å². The fourth-order valence-electron chi connectivity index (χ4n) is 4.72. The molecule has 1 fully saturated rings. The summed E-state index contributed by atoms with van der Waals surface area (Å²) in [6.45, 7) is 0. The van der Waals surface area contributed by atoms with Gasteiger partial charge in [-0.3, -0.25) is 4.98 Å². The van der Waals surface area contributed by atoms with Gasteiger partial charge < -0.3 is 24.5 Å². The minimum atomic E-state index is -1.05. The predicted molar refractivity (Wildman–Crippen MR) is 157 cm³/mol. The van der Waals surface area contributed by atoms with Gasteiger partial charge in [-0.2, -0.15) is 0 Å². The van der Waals surface area contributed by atoms with E-state index >= 15 is 0 Å². The first kappa shape index (κ1) is 25.6. The molecule has 2 aromatic heterocycles. The number of aromatic nitrogens is 1. The Balaban J connectivity index is 1.38. The van der Waals surface area contributed by atoms with Gasteiger partial charge in [-0.25, -0.2) is 4.79 Å². The van der Waals surface area contributed by atoms with E-state index in [1.54, 1.807) is 18.3 Å². The van der Waals surface area contributed by atoms with Crippen LogP contribution in [0.25, 0.3) is 11.3 Å². The average molecular weight is 568 g/mol. The van der Waals surface area contributed by atoms with Gasteiger partial charge in [-0.05, 0) is 91.1 Å². The zero-order valence-electron chi connectivity index (χ0n) is 20.9. The normalized spacial score (nSPS) is 16.5. The van der Waals surface area contributed by atoms with Crippen molar-refractivity contribution in [2.24, 2.45) is 0 Å². The molecule has 0 unspecified atom stereocenters. The SMILES string of the molecule is O=C(O)c1ccc(Cl)c(-c2ccc([C@@H]3[C@@H](c4ccccn4)NC(=S)N3c3ccc(Oc4ccccc4)cc3)o2)c1. The number of hydrogen-bond donors (Lipinski definition) is 2. The van der Waals surface area contributed by atoms with E-state index in [1.165, 1.54) is 12.1 Å². The molecule has 1 saturated heterocycles. The highest BCUT2D eigenvalue weighted by Gasteiger charge is 2.42. The first-order chi connectivity index (χ1) is 19.5. The summed E-state index contributed by atoms with van der Waals surface area (Å²) in [6.07, 6.45) is 1.74. The van der Waals surface area contributed by atoms with Crippen molar-refractivity contribution >= 4 is 40.6 Å². The predicted octanol–water partition coefficient (Wildman–Crippen LogP) is 7.66. The Hall–Kier alpha value is -4.66. The third-order valence-corrected chi connectivity index (χ3v) is 7.23. The Morgan fingerprint density at radius 2 is 1.70 bits per heavy atom. The topological polar surface area (TPSA) is 87.8 Å². The zero-order chi connectivity index (χ0) is 27.6. The molecular weight excluding hydrogens is 546 g/mol. The first-order valence-corrected chi connectivity index (χ1v) is 13.2. The Morgan fingerprint density at radius 3 is 2.42 bits per heavy atom. The quantitative estimate of drug-likeness (QED) is 0.194. The lowest BCUT2D eigenvalue weighted by molar-refractivity contribution is 0.0697. The van der Waals surface area contributed by atoms with Crippen molar-refractivity contribution in [2.45, 2.75) is 12.1 Å². The molecule has 1 aliphatic heterocycles. The van der Waals surface area contributed by atoms with Crippen molar-refractivity contribution in [3.8, 4) is 22.8 Å². The number of benzene rings is 3. The van der Waals surface area contributed by atoms with Crippen molar-refractivity contribution in [3.05, 3.63) is 131 Å². The van der Waals surface area contributed by atoms with E-state index in [4.69, 9.17) is 33.0 Å². The molecule has 0 amide bonds. The van der Waals surface area contributed by atoms with Crippen LogP contribution in [0.15, 0.2) is 114 Å². The summed E-state index contributed by atoms with van der Waals surface area (Å²) in [5.41, 5.74) is 2.24. The summed E-state index contributed by atoms with van der Waals surface area (Å²) in [7, 11) is 0. The first-order valence-electron chi connectivity index (χ1n) is 12.4. The Labute approximate surface area is 240 Å². The van der Waals surface area contributed by atoms with Gasteiger partial charge in [0.25, 0.3) is 0 Å². The van der Waals surface area contributed by atoms with Crippen molar-refractivity contribution in [2.75, 3.05) is 4.90 Å². The summed E-state index contributed by atoms with van der Waals surface area (Å²) in [5, 5.41) is 13.8. The molecule has 0 radical (unpaired) electrons. The van der Waals surface area contributed by atoms with E-state index in [0.717, 1.165) is 17.1 Å². The number of carboxylic acids is 1. The van der Waals surface area contributed by atoms with Crippen LogP contribution < -0.4 is 15.0 Å². The van der Waals surface area contributed by atoms with Gasteiger partial charge in [0.05, 0.1) is 22.3 Å². The van der Waals surface area contributed by atoms with Crippen molar-refractivity contribution in [1.29, 1.82) is 0 Å². The lowest BCUT2D eigenvalue weighted by atomic mass is 10.0. The number of pyridine rings is 1. The molecule has 3 heterocycles. The van der Waals surface area contributed by atoms with Gasteiger partial charge in [0.2, 0.25) is 0 Å². The molecule has 7 nitrogen and oxygen atoms in total. The maximum Gasteiger partial charge on any atom is 0.335 e. The van der Waals surface area contributed by atoms with E-state index in [9.17, 15) is 9.90 Å². The van der Waals surface area contributed by atoms with E-state index < -0.39 is 12.0 Å². The smallest absolute Gasteiger partial charge is 0.335 e. The van der Waals surface area contributed by atoms with Crippen LogP contribution in [0, 0.1) is 0 Å². The number of carboxylic acid groups (broad SMARTS) is 1. The molecule has 2 atom stereocenters. The molecule has 40 heavy (non-hydrogen) atoms. The lowest BCUT2D eigenvalue weighted by Crippen LogP contribution is -2.29. The molecule has 0 spiro atoms. The van der Waals surface area contributed by atoms with Crippen LogP contribution in [-0.2, 0) is 0 Å². The number of nitrogens with one attached hydrogen (secondary N) is 1. The minimum Gasteiger partial charge on any atom is -0.478 e. The maximum absolute atomic E-state index is 11.6. The van der Waals surface area contributed by atoms with Crippen LogP contribution in [0.5, 0.6) is 11.5 Å². The number of nitrogens with zero attached hydrogens (tertiary/aromatic N) is 2. The summed E-state index contributed by atoms with van der Waals surface area (Å²) in [5.74, 6) is 1.46. The maximum atomic E-state index is 11.6. The summed E-state index contributed by atoms with van der Waals surface area (Å²) in [4.78, 5) is 18.1. The van der Waals surface area contributed by atoms with Crippen LogP contribution in [0.1, 0.15) is 33.9 Å². The number of hydrogen-bond acceptors (Lipinski definition) is 5. The van der Waals surface area contributed by atoms with Crippen LogP contribution >= 0.6 is 23.8 Å². The molecular formula is C31H22ClN3O4S. The second-order valence-electron chi connectivity index (χ2n) is 9.11. The third kappa shape index (κ3) is 5.02. The summed E-state index contributed by atoms with van der Waals surface area (Å²) >= 11 is 12.2. The standard InChI is InChI=1S/C31H22ClN3O4S/c32-24-14-9-19(30(36)37)18-23(24)26-15-16-27(39-26)29-28(25-8-4-5-17-33-25)34-31(40)35(29)20-10-12-22(13-11-20)38-21-6-2-1-3-7-21/h1-18,28-29H,(H,34,40)(H,36,37)/t28-,29-/m1/s1. The molecule has 5 aromatic rings. The molecule has 1 aliphatic rings. The highest BCUT2D eigenvalue weighted by Crippen LogP contribution is 2.44. The van der Waals surface area contributed by atoms with Gasteiger partial charge in [-0.15, -0.1) is 0 Å². The molecule has 198 valence electrons. The Morgan fingerprint density at radius 1 is 0.950 bits per heavy atom. The second-order valence-corrected chi connectivity index (χ2v) is 9.90. The van der Waals surface area contributed by atoms with Crippen LogP contribution in [-0.4, -0.2) is 21.2 Å². The van der Waals surface area contributed by atoms with E-state index in [1.807, 2.05) is 83.8 Å². The van der Waals surface area contributed by atoms with Gasteiger partial charge in [0, 0.05) is 17.4 Å². The molecule has 9 heteroatoms. The van der Waals surface area contributed by atoms with Crippen LogP contribution in [0.2, 0.25) is 5.02 Å². The molecule has 0 aliphatic carbocycles. The number of ether oxygens (including phenoxy) is 1. The lowest BCUT2D eigenvalue weighted by Gasteiger charge is -2.26. The van der Waals surface area contributed by atoms with Gasteiger partial charge in [-0.1, -0.05) is 35.9 Å². The highest BCUT2D eigenvalue weighted by atomic mass is 35.5. The number of para-hydroxylation sites is 1. The monoisotopic (exact) mass is 567 g/mol.